The number of halogens is 1. The number of benzene rings is 1. The second-order valence-corrected chi connectivity index (χ2v) is 6.14. The summed E-state index contributed by atoms with van der Waals surface area (Å²) in [7, 11) is 0. The molecule has 0 saturated carbocycles. The van der Waals surface area contributed by atoms with Gasteiger partial charge in [0, 0.05) is 13.1 Å². The highest BCUT2D eigenvalue weighted by molar-refractivity contribution is 5.74. The Bertz CT molecular complexity index is 792. The topological polar surface area (TPSA) is 110 Å². The zero-order chi connectivity index (χ0) is 18.0. The predicted molar refractivity (Wildman–Crippen MR) is 93.4 cm³/mol. The summed E-state index contributed by atoms with van der Waals surface area (Å²) in [6, 6.07) is 5.88. The Morgan fingerprint density at radius 1 is 1.32 bits per heavy atom. The molecule has 1 aliphatic heterocycles. The first-order valence-corrected chi connectivity index (χ1v) is 8.04. The molecule has 0 aliphatic carbocycles. The lowest BCUT2D eigenvalue weighted by Crippen LogP contribution is -2.34. The number of rotatable bonds is 4. The van der Waals surface area contributed by atoms with Gasteiger partial charge in [-0.15, -0.1) is 0 Å². The van der Waals surface area contributed by atoms with Crippen LogP contribution in [0, 0.1) is 21.8 Å². The first-order chi connectivity index (χ1) is 12.0. The molecule has 1 aliphatic rings. The average Bonchev–Trinajstić information content (AvgIpc) is 2.57. The van der Waals surface area contributed by atoms with Crippen molar-refractivity contribution in [2.45, 2.75) is 19.8 Å². The van der Waals surface area contributed by atoms with Gasteiger partial charge in [0.2, 0.25) is 17.6 Å². The lowest BCUT2D eigenvalue weighted by atomic mass is 10.00. The molecule has 3 N–H and O–H groups in total. The van der Waals surface area contributed by atoms with E-state index in [1.54, 1.807) is 6.07 Å². The number of nitrogens with one attached hydrogen (secondary N) is 1. The van der Waals surface area contributed by atoms with Crippen LogP contribution in [0.25, 0.3) is 0 Å². The third kappa shape index (κ3) is 3.59. The molecular formula is C16H19FN6O2. The van der Waals surface area contributed by atoms with Crippen LogP contribution in [0.3, 0.4) is 0 Å². The summed E-state index contributed by atoms with van der Waals surface area (Å²) in [5, 5.41) is 14.0. The van der Waals surface area contributed by atoms with E-state index in [4.69, 9.17) is 5.73 Å². The number of nitro groups is 1. The van der Waals surface area contributed by atoms with Crippen LogP contribution < -0.4 is 16.0 Å². The minimum absolute atomic E-state index is 0.0851. The molecule has 9 heteroatoms. The van der Waals surface area contributed by atoms with Crippen molar-refractivity contribution in [3.63, 3.8) is 0 Å². The number of anilines is 4. The van der Waals surface area contributed by atoms with Crippen LogP contribution in [0.4, 0.5) is 33.3 Å². The minimum Gasteiger partial charge on any atom is -0.378 e. The van der Waals surface area contributed by atoms with E-state index in [1.807, 2.05) is 4.90 Å². The number of nitrogen functional groups attached to an aromatic ring is 1. The Hall–Kier alpha value is -2.97. The fourth-order valence-corrected chi connectivity index (χ4v) is 2.77. The molecular weight excluding hydrogens is 327 g/mol. The number of nitrogens with zero attached hydrogens (tertiary/aromatic N) is 4. The van der Waals surface area contributed by atoms with Gasteiger partial charge in [-0.3, -0.25) is 10.1 Å². The summed E-state index contributed by atoms with van der Waals surface area (Å²) in [6.07, 6.45) is 1.96. The molecule has 132 valence electrons. The number of nitrogens with two attached hydrogens (primary N) is 1. The van der Waals surface area contributed by atoms with Gasteiger partial charge in [0.05, 0.1) is 10.6 Å². The smallest absolute Gasteiger partial charge is 0.353 e. The van der Waals surface area contributed by atoms with Gasteiger partial charge in [-0.2, -0.15) is 9.97 Å². The van der Waals surface area contributed by atoms with Gasteiger partial charge in [0.1, 0.15) is 5.82 Å². The highest BCUT2D eigenvalue weighted by atomic mass is 19.1. The van der Waals surface area contributed by atoms with Crippen molar-refractivity contribution >= 4 is 29.0 Å². The van der Waals surface area contributed by atoms with Crippen LogP contribution in [-0.2, 0) is 0 Å². The lowest BCUT2D eigenvalue weighted by molar-refractivity contribution is -0.383. The highest BCUT2D eigenvalue weighted by Gasteiger charge is 2.27. The number of hydrogen-bond donors (Lipinski definition) is 2. The first-order valence-electron chi connectivity index (χ1n) is 8.04. The van der Waals surface area contributed by atoms with Gasteiger partial charge < -0.3 is 16.0 Å². The Kier molecular flexibility index (Phi) is 4.64. The van der Waals surface area contributed by atoms with Crippen LogP contribution in [-0.4, -0.2) is 28.0 Å². The van der Waals surface area contributed by atoms with Crippen LogP contribution in [0.1, 0.15) is 19.8 Å². The molecule has 0 bridgehead atoms. The summed E-state index contributed by atoms with van der Waals surface area (Å²) in [5.74, 6) is 0.0301. The number of hydrogen-bond acceptors (Lipinski definition) is 7. The molecule has 0 amide bonds. The van der Waals surface area contributed by atoms with Crippen molar-refractivity contribution in [1.82, 2.24) is 9.97 Å². The van der Waals surface area contributed by atoms with Crippen LogP contribution >= 0.6 is 0 Å². The molecule has 1 fully saturated rings. The Balaban J connectivity index is 1.99. The lowest BCUT2D eigenvalue weighted by Gasteiger charge is -2.30. The van der Waals surface area contributed by atoms with E-state index in [-0.39, 0.29) is 17.3 Å². The average molecular weight is 346 g/mol. The molecule has 2 aromatic rings. The van der Waals surface area contributed by atoms with Crippen molar-refractivity contribution in [3.8, 4) is 0 Å². The Morgan fingerprint density at radius 3 is 2.64 bits per heavy atom. The summed E-state index contributed by atoms with van der Waals surface area (Å²) in [6.45, 7) is 3.67. The fraction of sp³-hybridized carbons (Fsp3) is 0.375. The van der Waals surface area contributed by atoms with Gasteiger partial charge in [0.15, 0.2) is 0 Å². The number of para-hydroxylation sites is 1. The van der Waals surface area contributed by atoms with Gasteiger partial charge in [-0.05, 0) is 30.9 Å². The maximum atomic E-state index is 13.9. The molecule has 0 unspecified atom stereocenters. The second-order valence-electron chi connectivity index (χ2n) is 6.14. The molecule has 1 aromatic heterocycles. The van der Waals surface area contributed by atoms with Gasteiger partial charge in [-0.1, -0.05) is 19.1 Å². The molecule has 2 heterocycles. The quantitative estimate of drug-likeness (QED) is 0.646. The summed E-state index contributed by atoms with van der Waals surface area (Å²) in [5.41, 5.74) is 5.42. The highest BCUT2D eigenvalue weighted by Crippen LogP contribution is 2.33. The maximum Gasteiger partial charge on any atom is 0.353 e. The second kappa shape index (κ2) is 6.88. The Labute approximate surface area is 144 Å². The van der Waals surface area contributed by atoms with Crippen molar-refractivity contribution in [1.29, 1.82) is 0 Å². The zero-order valence-corrected chi connectivity index (χ0v) is 13.8. The van der Waals surface area contributed by atoms with E-state index < -0.39 is 16.4 Å². The van der Waals surface area contributed by atoms with Crippen molar-refractivity contribution in [2.75, 3.05) is 29.0 Å². The molecule has 1 saturated heterocycles. The zero-order valence-electron chi connectivity index (χ0n) is 13.8. The monoisotopic (exact) mass is 346 g/mol. The van der Waals surface area contributed by atoms with E-state index in [0.717, 1.165) is 25.9 Å². The predicted octanol–water partition coefficient (Wildman–Crippen LogP) is 3.09. The Morgan fingerprint density at radius 2 is 2.00 bits per heavy atom. The van der Waals surface area contributed by atoms with Crippen molar-refractivity contribution < 1.29 is 9.31 Å². The fourth-order valence-electron chi connectivity index (χ4n) is 2.77. The van der Waals surface area contributed by atoms with E-state index >= 15 is 0 Å². The number of piperidine rings is 1. The van der Waals surface area contributed by atoms with E-state index in [9.17, 15) is 14.5 Å². The molecule has 25 heavy (non-hydrogen) atoms. The normalized spacial score (nSPS) is 15.2. The third-order valence-corrected chi connectivity index (χ3v) is 4.28. The van der Waals surface area contributed by atoms with Crippen molar-refractivity contribution in [2.24, 2.45) is 5.92 Å². The molecule has 0 spiro atoms. The van der Waals surface area contributed by atoms with Gasteiger partial charge >= 0.3 is 5.69 Å². The molecule has 0 atom stereocenters. The van der Waals surface area contributed by atoms with Gasteiger partial charge in [0.25, 0.3) is 0 Å². The van der Waals surface area contributed by atoms with E-state index in [2.05, 4.69) is 22.2 Å². The minimum atomic E-state index is -0.666. The SMILES string of the molecule is CC1CCN(c2nc(N)c([N+](=O)[O-])c(Nc3ccccc3F)n2)CC1. The molecule has 1 aromatic carbocycles. The van der Waals surface area contributed by atoms with Crippen LogP contribution in [0.2, 0.25) is 0 Å². The maximum absolute atomic E-state index is 13.9. The molecule has 8 nitrogen and oxygen atoms in total. The first kappa shape index (κ1) is 16.9. The standard InChI is InChI=1S/C16H19FN6O2/c1-10-6-8-22(9-7-10)16-20-14(18)13(23(24)25)15(21-16)19-12-5-3-2-4-11(12)17/h2-5,10H,6-9H2,1H3,(H3,18,19,20,21). The summed E-state index contributed by atoms with van der Waals surface area (Å²) in [4.78, 5) is 21.0. The van der Waals surface area contributed by atoms with Gasteiger partial charge in [-0.25, -0.2) is 4.39 Å². The molecule has 3 rings (SSSR count). The summed E-state index contributed by atoms with van der Waals surface area (Å²) < 4.78 is 13.9. The van der Waals surface area contributed by atoms with E-state index in [1.165, 1.54) is 18.2 Å². The summed E-state index contributed by atoms with van der Waals surface area (Å²) >= 11 is 0. The largest absolute Gasteiger partial charge is 0.378 e. The molecule has 0 radical (unpaired) electrons. The third-order valence-electron chi connectivity index (χ3n) is 4.28. The van der Waals surface area contributed by atoms with E-state index in [0.29, 0.717) is 11.9 Å². The number of aromatic nitrogens is 2. The van der Waals surface area contributed by atoms with Crippen molar-refractivity contribution in [3.05, 3.63) is 40.2 Å². The van der Waals surface area contributed by atoms with Crippen LogP contribution in [0.15, 0.2) is 24.3 Å². The van der Waals surface area contributed by atoms with Crippen LogP contribution in [0.5, 0.6) is 0 Å².